The van der Waals surface area contributed by atoms with Crippen molar-refractivity contribution < 1.29 is 14.3 Å². The number of hydrogen-bond donors (Lipinski definition) is 1. The predicted octanol–water partition coefficient (Wildman–Crippen LogP) is 1.25. The highest BCUT2D eigenvalue weighted by atomic mass is 16.5. The van der Waals surface area contributed by atoms with Crippen molar-refractivity contribution >= 4 is 17.6 Å². The van der Waals surface area contributed by atoms with E-state index in [1.165, 1.54) is 0 Å². The molecule has 2 rings (SSSR count). The van der Waals surface area contributed by atoms with Crippen molar-refractivity contribution in [2.24, 2.45) is 5.73 Å². The zero-order valence-electron chi connectivity index (χ0n) is 13.7. The Morgan fingerprint density at radius 3 is 2.35 bits per heavy atom. The molecular weight excluding hydrogens is 294 g/mol. The van der Waals surface area contributed by atoms with Crippen LogP contribution in [0.15, 0.2) is 24.3 Å². The van der Waals surface area contributed by atoms with E-state index in [1.807, 2.05) is 24.3 Å². The Bertz CT molecular complexity index is 522. The van der Waals surface area contributed by atoms with Crippen LogP contribution in [-0.4, -0.2) is 56.1 Å². The Hall–Kier alpha value is -2.08. The van der Waals surface area contributed by atoms with E-state index in [0.29, 0.717) is 18.6 Å². The topological polar surface area (TPSA) is 75.9 Å². The van der Waals surface area contributed by atoms with Crippen LogP contribution in [0.4, 0.5) is 5.69 Å². The number of carbonyl (C=O) groups excluding carboxylic acids is 2. The van der Waals surface area contributed by atoms with E-state index in [2.05, 4.69) is 9.80 Å². The molecule has 0 saturated carbocycles. The summed E-state index contributed by atoms with van der Waals surface area (Å²) in [4.78, 5) is 27.1. The molecule has 6 heteroatoms. The molecule has 0 aliphatic carbocycles. The molecule has 1 fully saturated rings. The number of rotatable bonds is 7. The van der Waals surface area contributed by atoms with Gasteiger partial charge in [0.25, 0.3) is 0 Å². The summed E-state index contributed by atoms with van der Waals surface area (Å²) in [6.45, 7) is 6.92. The Morgan fingerprint density at radius 2 is 1.78 bits per heavy atom. The lowest BCUT2D eigenvalue weighted by Crippen LogP contribution is -2.46. The van der Waals surface area contributed by atoms with Crippen LogP contribution < -0.4 is 10.6 Å². The molecule has 0 bridgehead atoms. The number of nitrogens with zero attached hydrogens (tertiary/aromatic N) is 2. The summed E-state index contributed by atoms with van der Waals surface area (Å²) in [6, 6.07) is 7.56. The van der Waals surface area contributed by atoms with Gasteiger partial charge in [-0.15, -0.1) is 0 Å². The summed E-state index contributed by atoms with van der Waals surface area (Å²) in [5.41, 5.74) is 6.86. The summed E-state index contributed by atoms with van der Waals surface area (Å²) in [6.07, 6.45) is 1.28. The molecule has 1 amide bonds. The van der Waals surface area contributed by atoms with Crippen LogP contribution in [0.2, 0.25) is 0 Å². The molecular formula is C17H25N3O3. The number of benzene rings is 1. The summed E-state index contributed by atoms with van der Waals surface area (Å²) in [5, 5.41) is 0. The lowest BCUT2D eigenvalue weighted by Gasteiger charge is -2.36. The molecule has 0 atom stereocenters. The molecule has 1 saturated heterocycles. The van der Waals surface area contributed by atoms with Crippen LogP contribution in [0.25, 0.3) is 0 Å². The van der Waals surface area contributed by atoms with Crippen LogP contribution in [0.1, 0.15) is 30.1 Å². The number of hydrogen-bond acceptors (Lipinski definition) is 5. The van der Waals surface area contributed by atoms with E-state index < -0.39 is 0 Å². The minimum absolute atomic E-state index is 0.231. The maximum Gasteiger partial charge on any atom is 0.338 e. The number of amides is 1. The van der Waals surface area contributed by atoms with Gasteiger partial charge in [-0.1, -0.05) is 0 Å². The highest BCUT2D eigenvalue weighted by Crippen LogP contribution is 2.18. The second-order valence-electron chi connectivity index (χ2n) is 5.67. The predicted molar refractivity (Wildman–Crippen MR) is 89.5 cm³/mol. The van der Waals surface area contributed by atoms with Gasteiger partial charge in [-0.3, -0.25) is 9.69 Å². The maximum atomic E-state index is 11.6. The average Bonchev–Trinajstić information content (AvgIpc) is 2.55. The number of anilines is 1. The average molecular weight is 319 g/mol. The molecule has 0 radical (unpaired) electrons. The number of piperazine rings is 1. The van der Waals surface area contributed by atoms with Gasteiger partial charge in [-0.2, -0.15) is 0 Å². The van der Waals surface area contributed by atoms with Crippen LogP contribution in [-0.2, 0) is 9.53 Å². The number of esters is 1. The number of primary amides is 1. The normalized spacial score (nSPS) is 15.4. The Labute approximate surface area is 137 Å². The third-order valence-corrected chi connectivity index (χ3v) is 4.01. The van der Waals surface area contributed by atoms with E-state index >= 15 is 0 Å². The van der Waals surface area contributed by atoms with Crippen LogP contribution in [0.5, 0.6) is 0 Å². The van der Waals surface area contributed by atoms with Gasteiger partial charge in [0.15, 0.2) is 0 Å². The highest BCUT2D eigenvalue weighted by molar-refractivity contribution is 5.89. The molecule has 2 N–H and O–H groups in total. The number of carbonyl (C=O) groups is 2. The first kappa shape index (κ1) is 17.3. The lowest BCUT2D eigenvalue weighted by molar-refractivity contribution is -0.118. The van der Waals surface area contributed by atoms with Crippen LogP contribution >= 0.6 is 0 Å². The third-order valence-electron chi connectivity index (χ3n) is 4.01. The Balaban J connectivity index is 1.80. The monoisotopic (exact) mass is 319 g/mol. The largest absolute Gasteiger partial charge is 0.462 e. The van der Waals surface area contributed by atoms with Crippen molar-refractivity contribution in [1.82, 2.24) is 4.90 Å². The van der Waals surface area contributed by atoms with Gasteiger partial charge in [0.1, 0.15) is 0 Å². The van der Waals surface area contributed by atoms with Gasteiger partial charge in [0, 0.05) is 38.3 Å². The fourth-order valence-corrected chi connectivity index (χ4v) is 2.73. The zero-order valence-corrected chi connectivity index (χ0v) is 13.7. The lowest BCUT2D eigenvalue weighted by atomic mass is 10.1. The van der Waals surface area contributed by atoms with E-state index in [9.17, 15) is 9.59 Å². The molecule has 0 aromatic heterocycles. The molecule has 1 heterocycles. The van der Waals surface area contributed by atoms with E-state index in [-0.39, 0.29) is 11.9 Å². The van der Waals surface area contributed by atoms with Crippen LogP contribution in [0.3, 0.4) is 0 Å². The minimum atomic E-state index is -0.279. The standard InChI is InChI=1S/C17H25N3O3/c1-2-23-17(22)14-5-7-15(8-6-14)20-12-10-19(11-13-20)9-3-4-16(18)21/h5-8H,2-4,9-13H2,1H3,(H2,18,21). The fraction of sp³-hybridized carbons (Fsp3) is 0.529. The van der Waals surface area contributed by atoms with Gasteiger partial charge < -0.3 is 15.4 Å². The van der Waals surface area contributed by atoms with Crippen molar-refractivity contribution in [3.63, 3.8) is 0 Å². The van der Waals surface area contributed by atoms with Crippen molar-refractivity contribution in [2.45, 2.75) is 19.8 Å². The first-order valence-electron chi connectivity index (χ1n) is 8.13. The van der Waals surface area contributed by atoms with Gasteiger partial charge in [0.05, 0.1) is 12.2 Å². The summed E-state index contributed by atoms with van der Waals surface area (Å²) in [7, 11) is 0. The maximum absolute atomic E-state index is 11.6. The third kappa shape index (κ3) is 5.25. The molecule has 6 nitrogen and oxygen atoms in total. The number of nitrogens with two attached hydrogens (primary N) is 1. The number of ether oxygens (including phenoxy) is 1. The van der Waals surface area contributed by atoms with E-state index in [0.717, 1.165) is 44.8 Å². The van der Waals surface area contributed by atoms with Crippen molar-refractivity contribution in [1.29, 1.82) is 0 Å². The molecule has 1 aromatic carbocycles. The van der Waals surface area contributed by atoms with Gasteiger partial charge in [-0.25, -0.2) is 4.79 Å². The van der Waals surface area contributed by atoms with Gasteiger partial charge in [-0.05, 0) is 44.2 Å². The first-order chi connectivity index (χ1) is 11.1. The second kappa shape index (κ2) is 8.53. The Kier molecular flexibility index (Phi) is 6.40. The molecule has 1 aliphatic heterocycles. The summed E-state index contributed by atoms with van der Waals surface area (Å²) < 4.78 is 4.99. The molecule has 0 unspecified atom stereocenters. The molecule has 1 aliphatic rings. The van der Waals surface area contributed by atoms with Crippen LogP contribution in [0, 0.1) is 0 Å². The summed E-state index contributed by atoms with van der Waals surface area (Å²) >= 11 is 0. The first-order valence-corrected chi connectivity index (χ1v) is 8.13. The van der Waals surface area contributed by atoms with E-state index in [1.54, 1.807) is 6.92 Å². The molecule has 126 valence electrons. The Morgan fingerprint density at radius 1 is 1.13 bits per heavy atom. The van der Waals surface area contributed by atoms with Gasteiger partial charge in [0.2, 0.25) is 5.91 Å². The van der Waals surface area contributed by atoms with Gasteiger partial charge >= 0.3 is 5.97 Å². The quantitative estimate of drug-likeness (QED) is 0.766. The minimum Gasteiger partial charge on any atom is -0.462 e. The SMILES string of the molecule is CCOC(=O)c1ccc(N2CCN(CCCC(N)=O)CC2)cc1. The van der Waals surface area contributed by atoms with E-state index in [4.69, 9.17) is 10.5 Å². The van der Waals surface area contributed by atoms with Crippen molar-refractivity contribution in [2.75, 3.05) is 44.2 Å². The zero-order chi connectivity index (χ0) is 16.7. The molecule has 1 aromatic rings. The second-order valence-corrected chi connectivity index (χ2v) is 5.67. The highest BCUT2D eigenvalue weighted by Gasteiger charge is 2.17. The van der Waals surface area contributed by atoms with Crippen molar-refractivity contribution in [3.05, 3.63) is 29.8 Å². The summed E-state index contributed by atoms with van der Waals surface area (Å²) in [5.74, 6) is -0.511. The molecule has 0 spiro atoms. The van der Waals surface area contributed by atoms with Crippen molar-refractivity contribution in [3.8, 4) is 0 Å². The molecule has 23 heavy (non-hydrogen) atoms. The smallest absolute Gasteiger partial charge is 0.338 e. The fourth-order valence-electron chi connectivity index (χ4n) is 2.73.